The van der Waals surface area contributed by atoms with Crippen molar-refractivity contribution in [1.82, 2.24) is 9.88 Å². The highest BCUT2D eigenvalue weighted by molar-refractivity contribution is 6.35. The molecule has 3 heteroatoms. The van der Waals surface area contributed by atoms with Gasteiger partial charge in [0.2, 0.25) is 0 Å². The van der Waals surface area contributed by atoms with Crippen LogP contribution in [0.25, 0.3) is 10.9 Å². The van der Waals surface area contributed by atoms with Crippen LogP contribution in [0.5, 0.6) is 0 Å². The molecule has 1 N–H and O–H groups in total. The van der Waals surface area contributed by atoms with Crippen molar-refractivity contribution in [2.45, 2.75) is 45.3 Å². The Balaban J connectivity index is 1.92. The van der Waals surface area contributed by atoms with Crippen molar-refractivity contribution in [1.29, 1.82) is 0 Å². The molecule has 0 bridgehead atoms. The molecule has 0 unspecified atom stereocenters. The maximum atomic E-state index is 6.27. The number of aryl methyl sites for hydroxylation is 1. The van der Waals surface area contributed by atoms with Gasteiger partial charge in [0.05, 0.1) is 0 Å². The number of fused-ring (bicyclic) bond motifs is 1. The molecule has 0 amide bonds. The fourth-order valence-corrected chi connectivity index (χ4v) is 2.91. The molecule has 1 heterocycles. The highest BCUT2D eigenvalue weighted by Crippen LogP contribution is 2.27. The summed E-state index contributed by atoms with van der Waals surface area (Å²) in [5, 5.41) is 5.65. The first-order valence-corrected chi connectivity index (χ1v) is 7.17. The van der Waals surface area contributed by atoms with E-state index in [2.05, 4.69) is 28.9 Å². The maximum absolute atomic E-state index is 6.27. The lowest BCUT2D eigenvalue weighted by atomic mass is 9.93. The Kier molecular flexibility index (Phi) is 3.31. The highest BCUT2D eigenvalue weighted by Gasteiger charge is 2.17. The van der Waals surface area contributed by atoms with Crippen molar-refractivity contribution < 1.29 is 0 Å². The fourth-order valence-electron chi connectivity index (χ4n) is 2.68. The van der Waals surface area contributed by atoms with Crippen molar-refractivity contribution in [3.8, 4) is 0 Å². The molecule has 1 aliphatic rings. The summed E-state index contributed by atoms with van der Waals surface area (Å²) in [4.78, 5) is 0. The SMILES string of the molecule is CCn1c(CNC2CCC2)cc2c(Cl)cccc21. The van der Waals surface area contributed by atoms with E-state index in [1.54, 1.807) is 0 Å². The molecule has 0 atom stereocenters. The van der Waals surface area contributed by atoms with Gasteiger partial charge in [0.1, 0.15) is 0 Å². The largest absolute Gasteiger partial charge is 0.344 e. The van der Waals surface area contributed by atoms with Gasteiger partial charge in [0.15, 0.2) is 0 Å². The highest BCUT2D eigenvalue weighted by atomic mass is 35.5. The van der Waals surface area contributed by atoms with Gasteiger partial charge in [-0.05, 0) is 38.0 Å². The molecule has 0 saturated heterocycles. The predicted molar refractivity (Wildman–Crippen MR) is 77.1 cm³/mol. The number of rotatable bonds is 4. The van der Waals surface area contributed by atoms with Gasteiger partial charge in [0.25, 0.3) is 0 Å². The molecule has 0 radical (unpaired) electrons. The second kappa shape index (κ2) is 4.94. The van der Waals surface area contributed by atoms with Gasteiger partial charge in [-0.2, -0.15) is 0 Å². The molecule has 3 rings (SSSR count). The topological polar surface area (TPSA) is 17.0 Å². The van der Waals surface area contributed by atoms with Crippen LogP contribution in [0.1, 0.15) is 31.9 Å². The molecule has 1 saturated carbocycles. The molecule has 2 aromatic rings. The number of halogens is 1. The molecule has 1 fully saturated rings. The molecule has 1 aromatic carbocycles. The van der Waals surface area contributed by atoms with Crippen molar-refractivity contribution in [3.63, 3.8) is 0 Å². The van der Waals surface area contributed by atoms with Crippen LogP contribution in [-0.2, 0) is 13.1 Å². The summed E-state index contributed by atoms with van der Waals surface area (Å²) < 4.78 is 2.35. The predicted octanol–water partition coefficient (Wildman–Crippen LogP) is 3.96. The average molecular weight is 263 g/mol. The van der Waals surface area contributed by atoms with E-state index in [1.807, 2.05) is 12.1 Å². The van der Waals surface area contributed by atoms with E-state index in [9.17, 15) is 0 Å². The summed E-state index contributed by atoms with van der Waals surface area (Å²) in [5.41, 5.74) is 2.59. The van der Waals surface area contributed by atoms with Crippen molar-refractivity contribution >= 4 is 22.5 Å². The minimum Gasteiger partial charge on any atom is -0.344 e. The third kappa shape index (κ3) is 2.04. The third-order valence-electron chi connectivity index (χ3n) is 3.97. The maximum Gasteiger partial charge on any atom is 0.0499 e. The van der Waals surface area contributed by atoms with Gasteiger partial charge in [-0.15, -0.1) is 0 Å². The fraction of sp³-hybridized carbons (Fsp3) is 0.467. The minimum absolute atomic E-state index is 0.726. The first-order chi connectivity index (χ1) is 8.79. The van der Waals surface area contributed by atoms with Crippen molar-refractivity contribution in [3.05, 3.63) is 35.0 Å². The summed E-state index contributed by atoms with van der Waals surface area (Å²) in [7, 11) is 0. The van der Waals surface area contributed by atoms with E-state index < -0.39 is 0 Å². The lowest BCUT2D eigenvalue weighted by molar-refractivity contribution is 0.335. The Bertz CT molecular complexity index is 555. The standard InChI is InChI=1S/C15H19ClN2/c1-2-18-12(10-17-11-5-3-6-11)9-13-14(16)7-4-8-15(13)18/h4,7-9,11,17H,2-3,5-6,10H2,1H3. The number of hydrogen-bond acceptors (Lipinski definition) is 1. The summed E-state index contributed by atoms with van der Waals surface area (Å²) in [6.07, 6.45) is 4.03. The van der Waals surface area contributed by atoms with Crippen LogP contribution in [-0.4, -0.2) is 10.6 Å². The lowest BCUT2D eigenvalue weighted by Crippen LogP contribution is -2.35. The van der Waals surface area contributed by atoms with E-state index in [0.29, 0.717) is 0 Å². The Hall–Kier alpha value is -0.990. The second-order valence-electron chi connectivity index (χ2n) is 5.06. The van der Waals surface area contributed by atoms with Crippen LogP contribution in [0, 0.1) is 0 Å². The number of nitrogens with one attached hydrogen (secondary N) is 1. The van der Waals surface area contributed by atoms with E-state index in [0.717, 1.165) is 24.2 Å². The van der Waals surface area contributed by atoms with Gasteiger partial charge in [-0.1, -0.05) is 24.1 Å². The normalized spacial score (nSPS) is 16.1. The van der Waals surface area contributed by atoms with Gasteiger partial charge in [-0.3, -0.25) is 0 Å². The van der Waals surface area contributed by atoms with Crippen LogP contribution in [0.4, 0.5) is 0 Å². The molecule has 18 heavy (non-hydrogen) atoms. The lowest BCUT2D eigenvalue weighted by Gasteiger charge is -2.26. The molecule has 1 aliphatic carbocycles. The van der Waals surface area contributed by atoms with E-state index in [-0.39, 0.29) is 0 Å². The zero-order chi connectivity index (χ0) is 12.5. The molecular formula is C15H19ClN2. The zero-order valence-corrected chi connectivity index (χ0v) is 11.5. The summed E-state index contributed by atoms with van der Waals surface area (Å²) in [6, 6.07) is 9.10. The quantitative estimate of drug-likeness (QED) is 0.883. The summed E-state index contributed by atoms with van der Waals surface area (Å²) in [6.45, 7) is 4.13. The summed E-state index contributed by atoms with van der Waals surface area (Å²) >= 11 is 6.27. The number of benzene rings is 1. The first kappa shape index (κ1) is 12.1. The van der Waals surface area contributed by atoms with Crippen LogP contribution < -0.4 is 5.32 Å². The van der Waals surface area contributed by atoms with Gasteiger partial charge in [-0.25, -0.2) is 0 Å². The Labute approximate surface area is 113 Å². The van der Waals surface area contributed by atoms with E-state index >= 15 is 0 Å². The van der Waals surface area contributed by atoms with Crippen LogP contribution in [0.3, 0.4) is 0 Å². The average Bonchev–Trinajstić information content (AvgIpc) is 2.66. The Morgan fingerprint density at radius 2 is 2.22 bits per heavy atom. The number of hydrogen-bond donors (Lipinski definition) is 1. The van der Waals surface area contributed by atoms with Crippen LogP contribution >= 0.6 is 11.6 Å². The molecular weight excluding hydrogens is 244 g/mol. The monoisotopic (exact) mass is 262 g/mol. The smallest absolute Gasteiger partial charge is 0.0499 e. The number of nitrogens with zero attached hydrogens (tertiary/aromatic N) is 1. The first-order valence-electron chi connectivity index (χ1n) is 6.79. The summed E-state index contributed by atoms with van der Waals surface area (Å²) in [5.74, 6) is 0. The Morgan fingerprint density at radius 3 is 2.89 bits per heavy atom. The molecule has 0 spiro atoms. The van der Waals surface area contributed by atoms with Gasteiger partial charge >= 0.3 is 0 Å². The van der Waals surface area contributed by atoms with Crippen molar-refractivity contribution in [2.24, 2.45) is 0 Å². The molecule has 2 nitrogen and oxygen atoms in total. The van der Waals surface area contributed by atoms with Crippen molar-refractivity contribution in [2.75, 3.05) is 0 Å². The van der Waals surface area contributed by atoms with Gasteiger partial charge < -0.3 is 9.88 Å². The molecule has 1 aromatic heterocycles. The van der Waals surface area contributed by atoms with E-state index in [4.69, 9.17) is 11.6 Å². The van der Waals surface area contributed by atoms with Crippen LogP contribution in [0.2, 0.25) is 5.02 Å². The van der Waals surface area contributed by atoms with Crippen LogP contribution in [0.15, 0.2) is 24.3 Å². The van der Waals surface area contributed by atoms with E-state index in [1.165, 1.54) is 35.9 Å². The Morgan fingerprint density at radius 1 is 1.39 bits per heavy atom. The minimum atomic E-state index is 0.726. The number of aromatic nitrogens is 1. The zero-order valence-electron chi connectivity index (χ0n) is 10.7. The third-order valence-corrected chi connectivity index (χ3v) is 4.30. The van der Waals surface area contributed by atoms with Gasteiger partial charge in [0, 0.05) is 40.8 Å². The second-order valence-corrected chi connectivity index (χ2v) is 5.47. The molecule has 96 valence electrons. The molecule has 0 aliphatic heterocycles.